The molecular weight excluding hydrogens is 314 g/mol. The van der Waals surface area contributed by atoms with Crippen LogP contribution in [0.4, 0.5) is 17.3 Å². The molecule has 3 rings (SSSR count). The summed E-state index contributed by atoms with van der Waals surface area (Å²) in [6.45, 7) is 1.93. The molecule has 3 aromatic rings. The molecule has 0 saturated heterocycles. The lowest BCUT2D eigenvalue weighted by atomic mass is 10.2. The highest BCUT2D eigenvalue weighted by molar-refractivity contribution is 6.04. The third-order valence-electron chi connectivity index (χ3n) is 3.56. The Morgan fingerprint density at radius 1 is 1.08 bits per heavy atom. The van der Waals surface area contributed by atoms with Crippen molar-refractivity contribution in [3.63, 3.8) is 0 Å². The molecule has 0 aliphatic heterocycles. The molecule has 1 amide bonds. The van der Waals surface area contributed by atoms with E-state index >= 15 is 0 Å². The standard InChI is InChI=1S/C19H15N5O/c1-13-5-2-3-8-17(13)24-18(25)15-11-21-19(22-12-15)23-16-7-4-6-14(9-16)10-20/h2-9,11-12H,1H3,(H,24,25)(H,21,22,23). The van der Waals surface area contributed by atoms with Gasteiger partial charge in [-0.25, -0.2) is 9.97 Å². The number of nitriles is 1. The average molecular weight is 329 g/mol. The fourth-order valence-electron chi connectivity index (χ4n) is 2.21. The maximum Gasteiger partial charge on any atom is 0.258 e. The molecule has 0 unspecified atom stereocenters. The van der Waals surface area contributed by atoms with Crippen molar-refractivity contribution >= 4 is 23.2 Å². The molecule has 122 valence electrons. The zero-order chi connectivity index (χ0) is 17.6. The summed E-state index contributed by atoms with van der Waals surface area (Å²) in [5, 5.41) is 14.7. The second kappa shape index (κ2) is 7.23. The van der Waals surface area contributed by atoms with E-state index < -0.39 is 0 Å². The first-order valence-electron chi connectivity index (χ1n) is 7.62. The van der Waals surface area contributed by atoms with E-state index in [4.69, 9.17) is 5.26 Å². The number of benzene rings is 2. The predicted octanol–water partition coefficient (Wildman–Crippen LogP) is 3.65. The molecule has 2 aromatic carbocycles. The number of hydrogen-bond acceptors (Lipinski definition) is 5. The number of nitrogens with zero attached hydrogens (tertiary/aromatic N) is 3. The van der Waals surface area contributed by atoms with Gasteiger partial charge in [-0.1, -0.05) is 24.3 Å². The lowest BCUT2D eigenvalue weighted by Gasteiger charge is -2.08. The maximum absolute atomic E-state index is 12.3. The number of nitrogens with one attached hydrogen (secondary N) is 2. The van der Waals surface area contributed by atoms with Crippen molar-refractivity contribution in [3.8, 4) is 6.07 Å². The third-order valence-corrected chi connectivity index (χ3v) is 3.56. The lowest BCUT2D eigenvalue weighted by molar-refractivity contribution is 0.102. The average Bonchev–Trinajstić information content (AvgIpc) is 2.64. The molecule has 0 spiro atoms. The molecule has 2 N–H and O–H groups in total. The Hall–Kier alpha value is -3.72. The Bertz CT molecular complexity index is 945. The number of para-hydroxylation sites is 1. The number of hydrogen-bond donors (Lipinski definition) is 2. The third kappa shape index (κ3) is 3.98. The van der Waals surface area contributed by atoms with Crippen LogP contribution >= 0.6 is 0 Å². The van der Waals surface area contributed by atoms with Gasteiger partial charge in [-0.3, -0.25) is 4.79 Å². The van der Waals surface area contributed by atoms with Crippen LogP contribution in [-0.2, 0) is 0 Å². The minimum absolute atomic E-state index is 0.271. The van der Waals surface area contributed by atoms with Gasteiger partial charge in [-0.2, -0.15) is 5.26 Å². The van der Waals surface area contributed by atoms with E-state index in [0.29, 0.717) is 22.8 Å². The Morgan fingerprint density at radius 2 is 1.84 bits per heavy atom. The van der Waals surface area contributed by atoms with Gasteiger partial charge in [-0.05, 0) is 36.8 Å². The molecule has 0 aliphatic carbocycles. The summed E-state index contributed by atoms with van der Waals surface area (Å²) < 4.78 is 0. The van der Waals surface area contributed by atoms with E-state index in [2.05, 4.69) is 26.7 Å². The largest absolute Gasteiger partial charge is 0.324 e. The highest BCUT2D eigenvalue weighted by Crippen LogP contribution is 2.16. The second-order valence-electron chi connectivity index (χ2n) is 5.38. The van der Waals surface area contributed by atoms with Gasteiger partial charge in [0.25, 0.3) is 5.91 Å². The summed E-state index contributed by atoms with van der Waals surface area (Å²) in [7, 11) is 0. The second-order valence-corrected chi connectivity index (χ2v) is 5.38. The van der Waals surface area contributed by atoms with Gasteiger partial charge in [0.15, 0.2) is 0 Å². The molecule has 1 heterocycles. The van der Waals surface area contributed by atoms with Crippen LogP contribution in [0.25, 0.3) is 0 Å². The van der Waals surface area contributed by atoms with Crippen molar-refractivity contribution in [1.82, 2.24) is 9.97 Å². The Balaban J connectivity index is 1.70. The van der Waals surface area contributed by atoms with Gasteiger partial charge >= 0.3 is 0 Å². The number of aromatic nitrogens is 2. The quantitative estimate of drug-likeness (QED) is 0.762. The minimum atomic E-state index is -0.271. The molecule has 6 nitrogen and oxygen atoms in total. The number of aryl methyl sites for hydroxylation is 1. The summed E-state index contributed by atoms with van der Waals surface area (Å²) in [6.07, 6.45) is 2.91. The Morgan fingerprint density at radius 3 is 2.56 bits per heavy atom. The van der Waals surface area contributed by atoms with Crippen molar-refractivity contribution in [2.75, 3.05) is 10.6 Å². The summed E-state index contributed by atoms with van der Waals surface area (Å²) >= 11 is 0. The van der Waals surface area contributed by atoms with Crippen molar-refractivity contribution in [2.45, 2.75) is 6.92 Å². The molecule has 1 aromatic heterocycles. The fraction of sp³-hybridized carbons (Fsp3) is 0.0526. The van der Waals surface area contributed by atoms with Gasteiger partial charge in [0.05, 0.1) is 17.2 Å². The van der Waals surface area contributed by atoms with Gasteiger partial charge in [0, 0.05) is 23.8 Å². The van der Waals surface area contributed by atoms with Crippen molar-refractivity contribution in [3.05, 3.63) is 77.6 Å². The molecule has 0 atom stereocenters. The van der Waals surface area contributed by atoms with Crippen LogP contribution in [0.2, 0.25) is 0 Å². The van der Waals surface area contributed by atoms with Crippen LogP contribution in [0, 0.1) is 18.3 Å². The van der Waals surface area contributed by atoms with Gasteiger partial charge in [0.1, 0.15) is 0 Å². The Labute approximate surface area is 145 Å². The fourth-order valence-corrected chi connectivity index (χ4v) is 2.21. The zero-order valence-corrected chi connectivity index (χ0v) is 13.5. The van der Waals surface area contributed by atoms with E-state index in [0.717, 1.165) is 11.3 Å². The summed E-state index contributed by atoms with van der Waals surface area (Å²) in [6, 6.07) is 16.6. The van der Waals surface area contributed by atoms with Crippen LogP contribution in [0.15, 0.2) is 60.9 Å². The first-order valence-corrected chi connectivity index (χ1v) is 7.62. The number of anilines is 3. The molecule has 0 bridgehead atoms. The summed E-state index contributed by atoms with van der Waals surface area (Å²) in [4.78, 5) is 20.6. The highest BCUT2D eigenvalue weighted by atomic mass is 16.1. The number of carbonyl (C=O) groups excluding carboxylic acids is 1. The van der Waals surface area contributed by atoms with Crippen LogP contribution < -0.4 is 10.6 Å². The first kappa shape index (κ1) is 16.1. The van der Waals surface area contributed by atoms with E-state index in [1.807, 2.05) is 37.3 Å². The van der Waals surface area contributed by atoms with Gasteiger partial charge in [-0.15, -0.1) is 0 Å². The zero-order valence-electron chi connectivity index (χ0n) is 13.5. The van der Waals surface area contributed by atoms with Crippen molar-refractivity contribution in [1.29, 1.82) is 5.26 Å². The van der Waals surface area contributed by atoms with Gasteiger partial charge in [0.2, 0.25) is 5.95 Å². The van der Waals surface area contributed by atoms with Crippen LogP contribution in [-0.4, -0.2) is 15.9 Å². The SMILES string of the molecule is Cc1ccccc1NC(=O)c1cnc(Nc2cccc(C#N)c2)nc1. The molecule has 0 aliphatic rings. The lowest BCUT2D eigenvalue weighted by Crippen LogP contribution is -2.13. The molecule has 0 fully saturated rings. The first-order chi connectivity index (χ1) is 12.2. The highest BCUT2D eigenvalue weighted by Gasteiger charge is 2.09. The van der Waals surface area contributed by atoms with Gasteiger partial charge < -0.3 is 10.6 Å². The van der Waals surface area contributed by atoms with E-state index in [9.17, 15) is 4.79 Å². The molecular formula is C19H15N5O. The summed E-state index contributed by atoms with van der Waals surface area (Å²) in [5.41, 5.74) is 3.34. The number of carbonyl (C=O) groups is 1. The smallest absolute Gasteiger partial charge is 0.258 e. The molecule has 25 heavy (non-hydrogen) atoms. The molecule has 0 radical (unpaired) electrons. The molecule has 0 saturated carbocycles. The van der Waals surface area contributed by atoms with Crippen LogP contribution in [0.1, 0.15) is 21.5 Å². The van der Waals surface area contributed by atoms with E-state index in [1.54, 1.807) is 18.2 Å². The summed E-state index contributed by atoms with van der Waals surface area (Å²) in [5.74, 6) is 0.0786. The maximum atomic E-state index is 12.3. The monoisotopic (exact) mass is 329 g/mol. The topological polar surface area (TPSA) is 90.7 Å². The van der Waals surface area contributed by atoms with Crippen LogP contribution in [0.3, 0.4) is 0 Å². The normalized spacial score (nSPS) is 9.92. The van der Waals surface area contributed by atoms with E-state index in [-0.39, 0.29) is 5.91 Å². The molecule has 6 heteroatoms. The number of rotatable bonds is 4. The Kier molecular flexibility index (Phi) is 4.67. The number of amides is 1. The van der Waals surface area contributed by atoms with Crippen LogP contribution in [0.5, 0.6) is 0 Å². The van der Waals surface area contributed by atoms with E-state index in [1.165, 1.54) is 12.4 Å². The minimum Gasteiger partial charge on any atom is -0.324 e. The predicted molar refractivity (Wildman–Crippen MR) is 95.6 cm³/mol. The van der Waals surface area contributed by atoms with Crippen molar-refractivity contribution < 1.29 is 4.79 Å². The van der Waals surface area contributed by atoms with Crippen molar-refractivity contribution in [2.24, 2.45) is 0 Å².